The van der Waals surface area contributed by atoms with Gasteiger partial charge in [0.15, 0.2) is 0 Å². The summed E-state index contributed by atoms with van der Waals surface area (Å²) in [5.74, 6) is -0.155. The van der Waals surface area contributed by atoms with Crippen molar-refractivity contribution in [2.24, 2.45) is 0 Å². The lowest BCUT2D eigenvalue weighted by atomic mass is 9.87. The van der Waals surface area contributed by atoms with Crippen molar-refractivity contribution in [3.8, 4) is 0 Å². The van der Waals surface area contributed by atoms with Crippen LogP contribution in [0.25, 0.3) is 0 Å². The number of nitrogens with one attached hydrogen (secondary N) is 2. The molecule has 2 N–H and O–H groups in total. The first-order chi connectivity index (χ1) is 14.1. The van der Waals surface area contributed by atoms with Gasteiger partial charge in [0, 0.05) is 31.9 Å². The quantitative estimate of drug-likeness (QED) is 0.562. The summed E-state index contributed by atoms with van der Waals surface area (Å²) in [7, 11) is -3.61. The molecule has 7 heteroatoms. The van der Waals surface area contributed by atoms with Gasteiger partial charge in [-0.15, -0.1) is 0 Å². The fourth-order valence-electron chi connectivity index (χ4n) is 2.79. The van der Waals surface area contributed by atoms with Gasteiger partial charge in [-0.2, -0.15) is 0 Å². The maximum Gasteiger partial charge on any atom is 0.251 e. The molecule has 0 aliphatic carbocycles. The van der Waals surface area contributed by atoms with Crippen LogP contribution in [0.2, 0.25) is 0 Å². The van der Waals surface area contributed by atoms with Crippen molar-refractivity contribution >= 4 is 15.9 Å². The molecule has 0 aromatic heterocycles. The molecule has 0 saturated carbocycles. The fraction of sp³-hybridized carbons (Fsp3) is 0.435. The summed E-state index contributed by atoms with van der Waals surface area (Å²) in [4.78, 5) is 12.4. The molecule has 2 rings (SSSR count). The summed E-state index contributed by atoms with van der Waals surface area (Å²) in [5, 5.41) is 2.84. The average molecular weight is 433 g/mol. The maximum atomic E-state index is 12.5. The Morgan fingerprint density at radius 3 is 2.20 bits per heavy atom. The number of ether oxygens (including phenoxy) is 1. The lowest BCUT2D eigenvalue weighted by molar-refractivity contribution is 0.0944. The first-order valence-corrected chi connectivity index (χ1v) is 11.7. The van der Waals surface area contributed by atoms with Gasteiger partial charge in [0.05, 0.1) is 4.90 Å². The first kappa shape index (κ1) is 24.1. The fourth-order valence-corrected chi connectivity index (χ4v) is 3.81. The van der Waals surface area contributed by atoms with Crippen LogP contribution in [-0.4, -0.2) is 34.1 Å². The molecule has 0 aliphatic rings. The van der Waals surface area contributed by atoms with Crippen LogP contribution in [-0.2, 0) is 26.7 Å². The molecule has 0 radical (unpaired) electrons. The van der Waals surface area contributed by atoms with Crippen molar-refractivity contribution < 1.29 is 17.9 Å². The van der Waals surface area contributed by atoms with Gasteiger partial charge >= 0.3 is 0 Å². The van der Waals surface area contributed by atoms with E-state index in [1.807, 2.05) is 19.1 Å². The summed E-state index contributed by atoms with van der Waals surface area (Å²) in [5.41, 5.74) is 2.36. The van der Waals surface area contributed by atoms with Crippen LogP contribution in [0.5, 0.6) is 0 Å². The van der Waals surface area contributed by atoms with Gasteiger partial charge in [0.2, 0.25) is 10.0 Å². The summed E-state index contributed by atoms with van der Waals surface area (Å²) in [6.07, 6.45) is 0.760. The zero-order chi connectivity index (χ0) is 22.2. The third-order valence-electron chi connectivity index (χ3n) is 4.67. The number of sulfonamides is 1. The standard InChI is InChI=1S/C23H32N2O4S/c1-5-29-16-6-15-24-22(26)19-9-7-18(8-10-19)17-25-30(27,28)21-13-11-20(12-14-21)23(2,3)4/h7-14,25H,5-6,15-17H2,1-4H3,(H,24,26). The molecule has 0 atom stereocenters. The molecule has 2 aromatic carbocycles. The van der Waals surface area contributed by atoms with Gasteiger partial charge in [-0.1, -0.05) is 45.0 Å². The molecule has 0 bridgehead atoms. The Morgan fingerprint density at radius 2 is 1.63 bits per heavy atom. The third kappa shape index (κ3) is 7.23. The van der Waals surface area contributed by atoms with E-state index >= 15 is 0 Å². The van der Waals surface area contributed by atoms with Crippen molar-refractivity contribution in [1.82, 2.24) is 10.0 Å². The van der Waals surface area contributed by atoms with Crippen LogP contribution in [0.4, 0.5) is 0 Å². The minimum atomic E-state index is -3.61. The van der Waals surface area contributed by atoms with E-state index < -0.39 is 10.0 Å². The Labute approximate surface area is 180 Å². The SMILES string of the molecule is CCOCCCNC(=O)c1ccc(CNS(=O)(=O)c2ccc(C(C)(C)C)cc2)cc1. The van der Waals surface area contributed by atoms with E-state index in [1.165, 1.54) is 0 Å². The zero-order valence-electron chi connectivity index (χ0n) is 18.2. The molecule has 0 saturated heterocycles. The number of hydrogen-bond donors (Lipinski definition) is 2. The Hall–Kier alpha value is -2.22. The summed E-state index contributed by atoms with van der Waals surface area (Å²) < 4.78 is 32.9. The van der Waals surface area contributed by atoms with E-state index in [4.69, 9.17) is 4.74 Å². The molecule has 0 unspecified atom stereocenters. The highest BCUT2D eigenvalue weighted by atomic mass is 32.2. The summed E-state index contributed by atoms with van der Waals surface area (Å²) in [6.45, 7) is 10.2. The van der Waals surface area contributed by atoms with Crippen LogP contribution in [0.3, 0.4) is 0 Å². The van der Waals surface area contributed by atoms with Gasteiger partial charge in [-0.05, 0) is 54.2 Å². The van der Waals surface area contributed by atoms with Crippen molar-refractivity contribution in [3.05, 3.63) is 65.2 Å². The first-order valence-electron chi connectivity index (χ1n) is 10.2. The lowest BCUT2D eigenvalue weighted by Gasteiger charge is -2.19. The Kier molecular flexibility index (Phi) is 8.58. The van der Waals surface area contributed by atoms with Crippen LogP contribution >= 0.6 is 0 Å². The van der Waals surface area contributed by atoms with E-state index in [2.05, 4.69) is 30.8 Å². The van der Waals surface area contributed by atoms with Gasteiger partial charge in [0.25, 0.3) is 5.91 Å². The number of rotatable bonds is 10. The second-order valence-corrected chi connectivity index (χ2v) is 9.87. The number of benzene rings is 2. The molecule has 30 heavy (non-hydrogen) atoms. The molecule has 2 aromatic rings. The van der Waals surface area contributed by atoms with Gasteiger partial charge in [-0.25, -0.2) is 13.1 Å². The lowest BCUT2D eigenvalue weighted by Crippen LogP contribution is -2.25. The number of amides is 1. The highest BCUT2D eigenvalue weighted by Crippen LogP contribution is 2.23. The van der Waals surface area contributed by atoms with E-state index in [0.717, 1.165) is 17.5 Å². The summed E-state index contributed by atoms with van der Waals surface area (Å²) >= 11 is 0. The molecule has 0 aliphatic heterocycles. The minimum absolute atomic E-state index is 0.0347. The van der Waals surface area contributed by atoms with E-state index in [-0.39, 0.29) is 22.8 Å². The van der Waals surface area contributed by atoms with Crippen molar-refractivity contribution in [3.63, 3.8) is 0 Å². The van der Waals surface area contributed by atoms with Crippen molar-refractivity contribution in [2.75, 3.05) is 19.8 Å². The monoisotopic (exact) mass is 432 g/mol. The second-order valence-electron chi connectivity index (χ2n) is 8.10. The highest BCUT2D eigenvalue weighted by Gasteiger charge is 2.17. The van der Waals surface area contributed by atoms with Crippen LogP contribution in [0, 0.1) is 0 Å². The molecule has 0 spiro atoms. The molecule has 164 valence electrons. The Bertz CT molecular complexity index is 915. The van der Waals surface area contributed by atoms with Crippen molar-refractivity contribution in [2.45, 2.75) is 51.0 Å². The van der Waals surface area contributed by atoms with E-state index in [1.54, 1.807) is 36.4 Å². The topological polar surface area (TPSA) is 84.5 Å². The second kappa shape index (κ2) is 10.7. The maximum absolute atomic E-state index is 12.5. The molecular weight excluding hydrogens is 400 g/mol. The minimum Gasteiger partial charge on any atom is -0.382 e. The smallest absolute Gasteiger partial charge is 0.251 e. The highest BCUT2D eigenvalue weighted by molar-refractivity contribution is 7.89. The number of hydrogen-bond acceptors (Lipinski definition) is 4. The third-order valence-corrected chi connectivity index (χ3v) is 6.09. The van der Waals surface area contributed by atoms with E-state index in [9.17, 15) is 13.2 Å². The van der Waals surface area contributed by atoms with Crippen LogP contribution < -0.4 is 10.0 Å². The van der Waals surface area contributed by atoms with Gasteiger partial charge in [-0.3, -0.25) is 4.79 Å². The Balaban J connectivity index is 1.90. The van der Waals surface area contributed by atoms with Crippen LogP contribution in [0.15, 0.2) is 53.4 Å². The number of carbonyl (C=O) groups excluding carboxylic acids is 1. The van der Waals surface area contributed by atoms with E-state index in [0.29, 0.717) is 25.3 Å². The Morgan fingerprint density at radius 1 is 1.00 bits per heavy atom. The predicted octanol–water partition coefficient (Wildman–Crippen LogP) is 3.62. The molecule has 0 fully saturated rings. The zero-order valence-corrected chi connectivity index (χ0v) is 19.0. The molecular formula is C23H32N2O4S. The van der Waals surface area contributed by atoms with Crippen LogP contribution in [0.1, 0.15) is 55.6 Å². The molecule has 1 amide bonds. The van der Waals surface area contributed by atoms with Crippen molar-refractivity contribution in [1.29, 1.82) is 0 Å². The normalized spacial score (nSPS) is 12.0. The van der Waals surface area contributed by atoms with Gasteiger partial charge in [0.1, 0.15) is 0 Å². The average Bonchev–Trinajstić information content (AvgIpc) is 2.72. The summed E-state index contributed by atoms with van der Waals surface area (Å²) in [6, 6.07) is 13.8. The molecule has 6 nitrogen and oxygen atoms in total. The van der Waals surface area contributed by atoms with Gasteiger partial charge < -0.3 is 10.1 Å². The molecule has 0 heterocycles. The largest absolute Gasteiger partial charge is 0.382 e. The predicted molar refractivity (Wildman–Crippen MR) is 119 cm³/mol. The number of carbonyl (C=O) groups is 1.